The van der Waals surface area contributed by atoms with E-state index in [-0.39, 0.29) is 5.78 Å². The monoisotopic (exact) mass is 230 g/mol. The second kappa shape index (κ2) is 4.33. The van der Waals surface area contributed by atoms with Crippen molar-refractivity contribution in [3.63, 3.8) is 0 Å². The highest BCUT2D eigenvalue weighted by Crippen LogP contribution is 2.20. The molecule has 1 aromatic carbocycles. The lowest BCUT2D eigenvalue weighted by atomic mass is 10.1. The standard InChI is InChI=1S/C13H14N2O2/c1-2-9-4-6-12(17-9)13(16)10-5-3-8(14)7-11(10)15/h3-7H,2,14-15H2,1H3. The van der Waals surface area contributed by atoms with Crippen LogP contribution in [0.3, 0.4) is 0 Å². The van der Waals surface area contributed by atoms with Crippen LogP contribution in [-0.4, -0.2) is 5.78 Å². The molecule has 2 aromatic rings. The van der Waals surface area contributed by atoms with Crippen molar-refractivity contribution in [2.24, 2.45) is 0 Å². The first-order chi connectivity index (χ1) is 8.11. The molecule has 0 atom stereocenters. The van der Waals surface area contributed by atoms with Crippen LogP contribution in [0.4, 0.5) is 11.4 Å². The summed E-state index contributed by atoms with van der Waals surface area (Å²) in [5.74, 6) is 0.864. The fourth-order valence-corrected chi connectivity index (χ4v) is 1.61. The molecule has 0 aliphatic carbocycles. The van der Waals surface area contributed by atoms with Gasteiger partial charge >= 0.3 is 0 Å². The molecule has 4 heteroatoms. The van der Waals surface area contributed by atoms with Gasteiger partial charge in [0.05, 0.1) is 0 Å². The summed E-state index contributed by atoms with van der Waals surface area (Å²) in [6.45, 7) is 1.96. The average Bonchev–Trinajstić information content (AvgIpc) is 2.76. The Morgan fingerprint density at radius 3 is 2.59 bits per heavy atom. The van der Waals surface area contributed by atoms with Gasteiger partial charge in [-0.1, -0.05) is 6.92 Å². The molecule has 88 valence electrons. The molecule has 0 aliphatic heterocycles. The van der Waals surface area contributed by atoms with Crippen LogP contribution in [-0.2, 0) is 6.42 Å². The molecule has 0 bridgehead atoms. The van der Waals surface area contributed by atoms with Gasteiger partial charge in [-0.25, -0.2) is 0 Å². The number of carbonyl (C=O) groups excluding carboxylic acids is 1. The Bertz CT molecular complexity index is 558. The van der Waals surface area contributed by atoms with Gasteiger partial charge in [-0.2, -0.15) is 0 Å². The number of carbonyl (C=O) groups is 1. The summed E-state index contributed by atoms with van der Waals surface area (Å²) in [5.41, 5.74) is 12.6. The molecule has 0 aliphatic rings. The molecule has 17 heavy (non-hydrogen) atoms. The van der Waals surface area contributed by atoms with E-state index < -0.39 is 0 Å². The summed E-state index contributed by atoms with van der Waals surface area (Å²) in [5, 5.41) is 0. The maximum atomic E-state index is 12.1. The highest BCUT2D eigenvalue weighted by Gasteiger charge is 2.15. The molecule has 1 aromatic heterocycles. The summed E-state index contributed by atoms with van der Waals surface area (Å²) in [6, 6.07) is 8.28. The Morgan fingerprint density at radius 1 is 1.24 bits per heavy atom. The number of hydrogen-bond acceptors (Lipinski definition) is 4. The Labute approximate surface area is 99.2 Å². The van der Waals surface area contributed by atoms with Gasteiger partial charge in [0, 0.05) is 23.4 Å². The number of ketones is 1. The normalized spacial score (nSPS) is 10.4. The third-order valence-corrected chi connectivity index (χ3v) is 2.55. The quantitative estimate of drug-likeness (QED) is 0.625. The first-order valence-corrected chi connectivity index (χ1v) is 5.40. The number of furan rings is 1. The van der Waals surface area contributed by atoms with Gasteiger partial charge in [0.25, 0.3) is 0 Å². The highest BCUT2D eigenvalue weighted by molar-refractivity contribution is 6.10. The molecule has 0 saturated heterocycles. The van der Waals surface area contributed by atoms with Gasteiger partial charge in [0.2, 0.25) is 5.78 Å². The smallest absolute Gasteiger partial charge is 0.230 e. The van der Waals surface area contributed by atoms with Crippen molar-refractivity contribution in [3.8, 4) is 0 Å². The van der Waals surface area contributed by atoms with Crippen LogP contribution in [0, 0.1) is 0 Å². The van der Waals surface area contributed by atoms with E-state index in [4.69, 9.17) is 15.9 Å². The van der Waals surface area contributed by atoms with Crippen LogP contribution in [0.1, 0.15) is 28.8 Å². The van der Waals surface area contributed by atoms with E-state index >= 15 is 0 Å². The second-order valence-electron chi connectivity index (χ2n) is 3.80. The van der Waals surface area contributed by atoms with E-state index in [0.29, 0.717) is 22.7 Å². The number of aryl methyl sites for hydroxylation is 1. The van der Waals surface area contributed by atoms with Crippen molar-refractivity contribution in [2.45, 2.75) is 13.3 Å². The van der Waals surface area contributed by atoms with Crippen molar-refractivity contribution in [1.82, 2.24) is 0 Å². The molecule has 1 heterocycles. The Balaban J connectivity index is 2.36. The molecule has 4 N–H and O–H groups in total. The van der Waals surface area contributed by atoms with Crippen molar-refractivity contribution in [2.75, 3.05) is 11.5 Å². The van der Waals surface area contributed by atoms with E-state index in [2.05, 4.69) is 0 Å². The van der Waals surface area contributed by atoms with Gasteiger partial charge < -0.3 is 15.9 Å². The molecule has 0 radical (unpaired) electrons. The summed E-state index contributed by atoms with van der Waals surface area (Å²) in [7, 11) is 0. The largest absolute Gasteiger partial charge is 0.458 e. The number of nitrogen functional groups attached to an aromatic ring is 2. The predicted octanol–water partition coefficient (Wildman–Crippen LogP) is 2.24. The molecule has 2 rings (SSSR count). The maximum absolute atomic E-state index is 12.1. The minimum absolute atomic E-state index is 0.220. The minimum Gasteiger partial charge on any atom is -0.458 e. The zero-order chi connectivity index (χ0) is 12.4. The SMILES string of the molecule is CCc1ccc(C(=O)c2ccc(N)cc2N)o1. The fraction of sp³-hybridized carbons (Fsp3) is 0.154. The number of hydrogen-bond donors (Lipinski definition) is 2. The minimum atomic E-state index is -0.220. The molecule has 4 nitrogen and oxygen atoms in total. The van der Waals surface area contributed by atoms with Gasteiger partial charge in [0.1, 0.15) is 5.76 Å². The van der Waals surface area contributed by atoms with Crippen molar-refractivity contribution in [3.05, 3.63) is 47.4 Å². The van der Waals surface area contributed by atoms with E-state index in [1.165, 1.54) is 0 Å². The van der Waals surface area contributed by atoms with Crippen LogP contribution in [0.5, 0.6) is 0 Å². The zero-order valence-corrected chi connectivity index (χ0v) is 9.57. The number of nitrogens with two attached hydrogens (primary N) is 2. The van der Waals surface area contributed by atoms with Crippen LogP contribution >= 0.6 is 0 Å². The first kappa shape index (κ1) is 11.3. The van der Waals surface area contributed by atoms with Crippen molar-refractivity contribution in [1.29, 1.82) is 0 Å². The first-order valence-electron chi connectivity index (χ1n) is 5.40. The number of rotatable bonds is 3. The predicted molar refractivity (Wildman–Crippen MR) is 66.8 cm³/mol. The Hall–Kier alpha value is -2.23. The Kier molecular flexibility index (Phi) is 2.87. The highest BCUT2D eigenvalue weighted by atomic mass is 16.3. The van der Waals surface area contributed by atoms with E-state index in [1.807, 2.05) is 6.92 Å². The van der Waals surface area contributed by atoms with Gasteiger partial charge in [-0.3, -0.25) is 4.79 Å². The fourth-order valence-electron chi connectivity index (χ4n) is 1.61. The third-order valence-electron chi connectivity index (χ3n) is 2.55. The molecule has 0 unspecified atom stereocenters. The van der Waals surface area contributed by atoms with Crippen molar-refractivity contribution < 1.29 is 9.21 Å². The lowest BCUT2D eigenvalue weighted by Crippen LogP contribution is -2.05. The average molecular weight is 230 g/mol. The zero-order valence-electron chi connectivity index (χ0n) is 9.57. The van der Waals surface area contributed by atoms with Crippen LogP contribution in [0.15, 0.2) is 34.7 Å². The van der Waals surface area contributed by atoms with Gasteiger partial charge in [-0.05, 0) is 30.3 Å². The summed E-state index contributed by atoms with van der Waals surface area (Å²) < 4.78 is 5.40. The number of benzene rings is 1. The molecule has 0 saturated carbocycles. The lowest BCUT2D eigenvalue weighted by Gasteiger charge is -2.03. The van der Waals surface area contributed by atoms with E-state index in [1.54, 1.807) is 30.3 Å². The third kappa shape index (κ3) is 2.15. The van der Waals surface area contributed by atoms with Crippen molar-refractivity contribution >= 4 is 17.2 Å². The number of anilines is 2. The van der Waals surface area contributed by atoms with E-state index in [9.17, 15) is 4.79 Å². The Morgan fingerprint density at radius 2 is 2.00 bits per heavy atom. The molecule has 0 fully saturated rings. The topological polar surface area (TPSA) is 82.2 Å². The van der Waals surface area contributed by atoms with Crippen LogP contribution in [0.2, 0.25) is 0 Å². The molecular formula is C13H14N2O2. The van der Waals surface area contributed by atoms with Crippen LogP contribution < -0.4 is 11.5 Å². The van der Waals surface area contributed by atoms with Crippen LogP contribution in [0.25, 0.3) is 0 Å². The van der Waals surface area contributed by atoms with Gasteiger partial charge in [-0.15, -0.1) is 0 Å². The summed E-state index contributed by atoms with van der Waals surface area (Å²) >= 11 is 0. The van der Waals surface area contributed by atoms with Gasteiger partial charge in [0.15, 0.2) is 5.76 Å². The lowest BCUT2D eigenvalue weighted by molar-refractivity contribution is 0.101. The summed E-state index contributed by atoms with van der Waals surface area (Å²) in [4.78, 5) is 12.1. The molecule has 0 amide bonds. The maximum Gasteiger partial charge on any atom is 0.230 e. The summed E-state index contributed by atoms with van der Waals surface area (Å²) in [6.07, 6.45) is 0.754. The second-order valence-corrected chi connectivity index (χ2v) is 3.80. The van der Waals surface area contributed by atoms with E-state index in [0.717, 1.165) is 12.2 Å². The molecule has 0 spiro atoms. The molecular weight excluding hydrogens is 216 g/mol.